The van der Waals surface area contributed by atoms with E-state index in [1.165, 1.54) is 17.5 Å². The monoisotopic (exact) mass is 340 g/mol. The third-order valence-electron chi connectivity index (χ3n) is 5.87. The number of thiophene rings is 1. The molecule has 126 valence electrons. The zero-order valence-electron chi connectivity index (χ0n) is 14.4. The number of carbonyl (C=O) groups is 1. The summed E-state index contributed by atoms with van der Waals surface area (Å²) in [5.74, 6) is 0.196. The number of rotatable bonds is 2. The Kier molecular flexibility index (Phi) is 3.97. The number of benzene rings is 1. The molecular weight excluding hydrogens is 316 g/mol. The van der Waals surface area contributed by atoms with Gasteiger partial charge in [-0.05, 0) is 55.9 Å². The highest BCUT2D eigenvalue weighted by molar-refractivity contribution is 7.08. The second-order valence-corrected chi connectivity index (χ2v) is 8.14. The van der Waals surface area contributed by atoms with E-state index in [9.17, 15) is 4.79 Å². The van der Waals surface area contributed by atoms with Crippen LogP contribution in [0.2, 0.25) is 0 Å². The molecule has 1 aliphatic heterocycles. The van der Waals surface area contributed by atoms with Gasteiger partial charge >= 0.3 is 0 Å². The lowest BCUT2D eigenvalue weighted by atomic mass is 9.73. The molecule has 24 heavy (non-hydrogen) atoms. The van der Waals surface area contributed by atoms with Crippen LogP contribution in [0.1, 0.15) is 46.8 Å². The Morgan fingerprint density at radius 3 is 2.62 bits per heavy atom. The normalized spacial score (nSPS) is 22.1. The number of carbonyl (C=O) groups excluding carboxylic acids is 1. The summed E-state index contributed by atoms with van der Waals surface area (Å²) in [6.07, 6.45) is 3.33. The summed E-state index contributed by atoms with van der Waals surface area (Å²) in [6, 6.07) is 11.4. The molecule has 1 fully saturated rings. The van der Waals surface area contributed by atoms with Gasteiger partial charge in [-0.1, -0.05) is 24.3 Å². The summed E-state index contributed by atoms with van der Waals surface area (Å²) < 4.78 is 0. The standard InChI is InChI=1S/C20H24N2OS/c1-21(2)18-13-20(17-6-4-3-5-16(17)18)8-10-22(11-9-20)19(23)15-7-12-24-14-15/h3-7,12,14,18H,8-11,13H2,1-2H3. The molecule has 2 aliphatic rings. The van der Waals surface area contributed by atoms with E-state index in [0.717, 1.165) is 31.5 Å². The van der Waals surface area contributed by atoms with Crippen LogP contribution in [0.25, 0.3) is 0 Å². The predicted molar refractivity (Wildman–Crippen MR) is 98.6 cm³/mol. The number of nitrogens with zero attached hydrogens (tertiary/aromatic N) is 2. The zero-order valence-corrected chi connectivity index (χ0v) is 15.2. The van der Waals surface area contributed by atoms with Crippen LogP contribution < -0.4 is 0 Å². The van der Waals surface area contributed by atoms with Crippen molar-refractivity contribution < 1.29 is 4.79 Å². The molecule has 1 atom stereocenters. The van der Waals surface area contributed by atoms with E-state index in [2.05, 4.69) is 43.3 Å². The maximum absolute atomic E-state index is 12.6. The fourth-order valence-electron chi connectivity index (χ4n) is 4.50. The fraction of sp³-hybridized carbons (Fsp3) is 0.450. The molecule has 1 unspecified atom stereocenters. The lowest BCUT2D eigenvalue weighted by Gasteiger charge is -2.40. The molecule has 4 rings (SSSR count). The number of likely N-dealkylation sites (tertiary alicyclic amines) is 1. The molecule has 1 amide bonds. The van der Waals surface area contributed by atoms with Crippen LogP contribution in [0, 0.1) is 0 Å². The maximum Gasteiger partial charge on any atom is 0.254 e. The molecule has 1 aromatic heterocycles. The topological polar surface area (TPSA) is 23.6 Å². The van der Waals surface area contributed by atoms with Crippen molar-refractivity contribution in [1.82, 2.24) is 9.80 Å². The first-order valence-corrected chi connectivity index (χ1v) is 9.62. The molecule has 2 heterocycles. The van der Waals surface area contributed by atoms with Gasteiger partial charge in [0, 0.05) is 29.9 Å². The molecule has 1 spiro atoms. The number of hydrogen-bond acceptors (Lipinski definition) is 3. The van der Waals surface area contributed by atoms with E-state index in [0.29, 0.717) is 6.04 Å². The molecule has 1 saturated heterocycles. The second-order valence-electron chi connectivity index (χ2n) is 7.36. The van der Waals surface area contributed by atoms with Crippen molar-refractivity contribution in [3.05, 3.63) is 57.8 Å². The van der Waals surface area contributed by atoms with Crippen LogP contribution in [-0.2, 0) is 5.41 Å². The fourth-order valence-corrected chi connectivity index (χ4v) is 5.13. The van der Waals surface area contributed by atoms with Crippen molar-refractivity contribution in [2.45, 2.75) is 30.7 Å². The Balaban J connectivity index is 1.56. The first-order valence-electron chi connectivity index (χ1n) is 8.68. The van der Waals surface area contributed by atoms with Gasteiger partial charge in [-0.25, -0.2) is 0 Å². The maximum atomic E-state index is 12.6. The molecule has 1 aromatic carbocycles. The van der Waals surface area contributed by atoms with Gasteiger partial charge in [-0.3, -0.25) is 4.79 Å². The van der Waals surface area contributed by atoms with Crippen molar-refractivity contribution in [2.24, 2.45) is 0 Å². The van der Waals surface area contributed by atoms with E-state index >= 15 is 0 Å². The molecule has 2 aromatic rings. The van der Waals surface area contributed by atoms with Gasteiger partial charge in [0.25, 0.3) is 5.91 Å². The molecule has 0 bridgehead atoms. The molecule has 3 nitrogen and oxygen atoms in total. The van der Waals surface area contributed by atoms with E-state index in [1.807, 2.05) is 21.7 Å². The highest BCUT2D eigenvalue weighted by Crippen LogP contribution is 2.52. The van der Waals surface area contributed by atoms with Crippen LogP contribution in [0.3, 0.4) is 0 Å². The quantitative estimate of drug-likeness (QED) is 0.827. The summed E-state index contributed by atoms with van der Waals surface area (Å²) >= 11 is 1.59. The largest absolute Gasteiger partial charge is 0.339 e. The minimum atomic E-state index is 0.196. The molecule has 1 aliphatic carbocycles. The zero-order chi connectivity index (χ0) is 16.7. The van der Waals surface area contributed by atoms with Crippen molar-refractivity contribution >= 4 is 17.2 Å². The number of hydrogen-bond donors (Lipinski definition) is 0. The first-order chi connectivity index (χ1) is 11.6. The van der Waals surface area contributed by atoms with Gasteiger partial charge in [0.15, 0.2) is 0 Å². The summed E-state index contributed by atoms with van der Waals surface area (Å²) in [5.41, 5.74) is 4.09. The molecular formula is C20H24N2OS. The summed E-state index contributed by atoms with van der Waals surface area (Å²) in [4.78, 5) is 17.0. The molecule has 4 heteroatoms. The van der Waals surface area contributed by atoms with Gasteiger partial charge < -0.3 is 9.80 Å². The highest BCUT2D eigenvalue weighted by Gasteiger charge is 2.46. The van der Waals surface area contributed by atoms with Crippen molar-refractivity contribution in [1.29, 1.82) is 0 Å². The van der Waals surface area contributed by atoms with E-state index in [-0.39, 0.29) is 11.3 Å². The average molecular weight is 340 g/mol. The van der Waals surface area contributed by atoms with Crippen molar-refractivity contribution in [3.8, 4) is 0 Å². The van der Waals surface area contributed by atoms with Crippen molar-refractivity contribution in [3.63, 3.8) is 0 Å². The SMILES string of the molecule is CN(C)C1CC2(CCN(C(=O)c3ccsc3)CC2)c2ccccc21. The molecule has 0 N–H and O–H groups in total. The average Bonchev–Trinajstić information content (AvgIpc) is 3.23. The number of amides is 1. The Labute approximate surface area is 147 Å². The van der Waals surface area contributed by atoms with Gasteiger partial charge in [0.1, 0.15) is 0 Å². The minimum absolute atomic E-state index is 0.196. The lowest BCUT2D eigenvalue weighted by Crippen LogP contribution is -2.44. The summed E-state index contributed by atoms with van der Waals surface area (Å²) in [6.45, 7) is 1.73. The van der Waals surface area contributed by atoms with Gasteiger partial charge in [0.05, 0.1) is 5.56 Å². The first kappa shape index (κ1) is 15.9. The minimum Gasteiger partial charge on any atom is -0.339 e. The van der Waals surface area contributed by atoms with Gasteiger partial charge in [-0.2, -0.15) is 11.3 Å². The lowest BCUT2D eigenvalue weighted by molar-refractivity contribution is 0.0653. The third kappa shape index (κ3) is 2.49. The Hall–Kier alpha value is -1.65. The smallest absolute Gasteiger partial charge is 0.254 e. The van der Waals surface area contributed by atoms with E-state index < -0.39 is 0 Å². The number of fused-ring (bicyclic) bond motifs is 2. The van der Waals surface area contributed by atoms with Crippen molar-refractivity contribution in [2.75, 3.05) is 27.2 Å². The van der Waals surface area contributed by atoms with Crippen LogP contribution in [0.15, 0.2) is 41.1 Å². The Bertz CT molecular complexity index is 730. The Morgan fingerprint density at radius 1 is 1.21 bits per heavy atom. The molecule has 0 saturated carbocycles. The van der Waals surface area contributed by atoms with Gasteiger partial charge in [-0.15, -0.1) is 0 Å². The van der Waals surface area contributed by atoms with Crippen LogP contribution >= 0.6 is 11.3 Å². The second kappa shape index (κ2) is 6.01. The summed E-state index contributed by atoms with van der Waals surface area (Å²) in [7, 11) is 4.35. The van der Waals surface area contributed by atoms with Crippen LogP contribution in [-0.4, -0.2) is 42.9 Å². The van der Waals surface area contributed by atoms with E-state index in [4.69, 9.17) is 0 Å². The third-order valence-corrected chi connectivity index (χ3v) is 6.56. The predicted octanol–water partition coefficient (Wildman–Crippen LogP) is 3.93. The highest BCUT2D eigenvalue weighted by atomic mass is 32.1. The van der Waals surface area contributed by atoms with E-state index in [1.54, 1.807) is 11.3 Å². The van der Waals surface area contributed by atoms with Crippen LogP contribution in [0.5, 0.6) is 0 Å². The number of piperidine rings is 1. The summed E-state index contributed by atoms with van der Waals surface area (Å²) in [5, 5.41) is 3.94. The van der Waals surface area contributed by atoms with Crippen LogP contribution in [0.4, 0.5) is 0 Å². The van der Waals surface area contributed by atoms with Gasteiger partial charge in [0.2, 0.25) is 0 Å². The molecule has 0 radical (unpaired) electrons. The Morgan fingerprint density at radius 2 is 1.96 bits per heavy atom.